The van der Waals surface area contributed by atoms with Crippen LogP contribution < -0.4 is 10.6 Å². The third-order valence-corrected chi connectivity index (χ3v) is 4.15. The van der Waals surface area contributed by atoms with Crippen LogP contribution in [0.1, 0.15) is 38.5 Å². The summed E-state index contributed by atoms with van der Waals surface area (Å²) in [4.78, 5) is 18.1. The van der Waals surface area contributed by atoms with Crippen LogP contribution >= 0.6 is 24.0 Å². The van der Waals surface area contributed by atoms with E-state index in [-0.39, 0.29) is 29.9 Å². The number of carbonyl (C=O) groups excluding carboxylic acids is 1. The fraction of sp³-hybridized carbons (Fsp3) is 0.875. The number of piperidine rings is 1. The van der Waals surface area contributed by atoms with Crippen LogP contribution in [0.2, 0.25) is 0 Å². The van der Waals surface area contributed by atoms with Crippen LogP contribution in [0.15, 0.2) is 4.99 Å². The molecule has 6 nitrogen and oxygen atoms in total. The number of ether oxygens (including phenoxy) is 1. The number of halogens is 1. The molecule has 1 saturated heterocycles. The summed E-state index contributed by atoms with van der Waals surface area (Å²) in [6.07, 6.45) is 7.11. The monoisotopic (exact) mass is 438 g/mol. The number of nitrogens with zero attached hydrogens (tertiary/aromatic N) is 2. The van der Waals surface area contributed by atoms with Gasteiger partial charge in [0.15, 0.2) is 5.96 Å². The van der Waals surface area contributed by atoms with Gasteiger partial charge in [-0.15, -0.1) is 24.0 Å². The first-order valence-electron chi connectivity index (χ1n) is 8.59. The number of guanidine groups is 1. The number of amides is 1. The molecule has 1 heterocycles. The molecular weight excluding hydrogens is 407 g/mol. The Hall–Kier alpha value is -0.570. The first-order valence-corrected chi connectivity index (χ1v) is 8.59. The highest BCUT2D eigenvalue weighted by molar-refractivity contribution is 14.0. The topological polar surface area (TPSA) is 66.0 Å². The average Bonchev–Trinajstić information content (AvgIpc) is 3.38. The summed E-state index contributed by atoms with van der Waals surface area (Å²) >= 11 is 0. The standard InChI is InChI=1S/C16H30N4O2.HI/c1-17-16(18-8-5-11-22-13-14-6-7-14)19-12-15(21)20-9-3-2-4-10-20;/h14H,2-13H2,1H3,(H2,17,18,19);1H. The van der Waals surface area contributed by atoms with Gasteiger partial charge in [0.1, 0.15) is 0 Å². The van der Waals surface area contributed by atoms with E-state index in [4.69, 9.17) is 4.74 Å². The van der Waals surface area contributed by atoms with Gasteiger partial charge in [0.05, 0.1) is 6.54 Å². The predicted octanol–water partition coefficient (Wildman–Crippen LogP) is 1.60. The molecular formula is C16H31IN4O2. The Morgan fingerprint density at radius 1 is 1.22 bits per heavy atom. The summed E-state index contributed by atoms with van der Waals surface area (Å²) in [6.45, 7) is 4.61. The van der Waals surface area contributed by atoms with E-state index >= 15 is 0 Å². The predicted molar refractivity (Wildman–Crippen MR) is 103 cm³/mol. The average molecular weight is 438 g/mol. The molecule has 2 aliphatic rings. The van der Waals surface area contributed by atoms with Gasteiger partial charge in [0.25, 0.3) is 0 Å². The molecule has 2 N–H and O–H groups in total. The lowest BCUT2D eigenvalue weighted by Gasteiger charge is -2.27. The minimum atomic E-state index is 0. The number of hydrogen-bond donors (Lipinski definition) is 2. The van der Waals surface area contributed by atoms with Crippen molar-refractivity contribution in [1.82, 2.24) is 15.5 Å². The number of rotatable bonds is 8. The van der Waals surface area contributed by atoms with E-state index in [0.29, 0.717) is 12.5 Å². The molecule has 134 valence electrons. The van der Waals surface area contributed by atoms with Crippen LogP contribution in [0.5, 0.6) is 0 Å². The van der Waals surface area contributed by atoms with Gasteiger partial charge in [-0.2, -0.15) is 0 Å². The van der Waals surface area contributed by atoms with Crippen molar-refractivity contribution in [1.29, 1.82) is 0 Å². The van der Waals surface area contributed by atoms with Gasteiger partial charge in [-0.3, -0.25) is 9.79 Å². The fourth-order valence-electron chi connectivity index (χ4n) is 2.55. The maximum Gasteiger partial charge on any atom is 0.241 e. The Morgan fingerprint density at radius 2 is 1.96 bits per heavy atom. The Kier molecular flexibility index (Phi) is 10.6. The Bertz CT molecular complexity index is 369. The fourth-order valence-corrected chi connectivity index (χ4v) is 2.55. The van der Waals surface area contributed by atoms with Crippen molar-refractivity contribution in [3.8, 4) is 0 Å². The number of aliphatic imine (C=N–C) groups is 1. The molecule has 0 spiro atoms. The number of likely N-dealkylation sites (tertiary alicyclic amines) is 1. The number of carbonyl (C=O) groups is 1. The summed E-state index contributed by atoms with van der Waals surface area (Å²) in [6, 6.07) is 0. The van der Waals surface area contributed by atoms with Crippen molar-refractivity contribution >= 4 is 35.8 Å². The van der Waals surface area contributed by atoms with Crippen molar-refractivity contribution in [2.24, 2.45) is 10.9 Å². The van der Waals surface area contributed by atoms with E-state index in [1.54, 1.807) is 7.05 Å². The molecule has 23 heavy (non-hydrogen) atoms. The molecule has 0 unspecified atom stereocenters. The van der Waals surface area contributed by atoms with Crippen LogP contribution in [0, 0.1) is 5.92 Å². The van der Waals surface area contributed by atoms with Crippen LogP contribution in [-0.4, -0.2) is 63.2 Å². The molecule has 0 atom stereocenters. The molecule has 0 aromatic rings. The molecule has 2 rings (SSSR count). The molecule has 0 bridgehead atoms. The van der Waals surface area contributed by atoms with Crippen molar-refractivity contribution in [2.45, 2.75) is 38.5 Å². The highest BCUT2D eigenvalue weighted by Gasteiger charge is 2.20. The molecule has 1 aliphatic carbocycles. The first kappa shape index (κ1) is 20.5. The van der Waals surface area contributed by atoms with Crippen LogP contribution in [0.25, 0.3) is 0 Å². The molecule has 2 fully saturated rings. The van der Waals surface area contributed by atoms with Crippen molar-refractivity contribution in [3.63, 3.8) is 0 Å². The molecule has 1 saturated carbocycles. The zero-order chi connectivity index (χ0) is 15.6. The lowest BCUT2D eigenvalue weighted by Crippen LogP contribution is -2.46. The molecule has 1 aliphatic heterocycles. The third kappa shape index (κ3) is 8.74. The Balaban J connectivity index is 0.00000264. The van der Waals surface area contributed by atoms with Gasteiger partial charge in [-0.25, -0.2) is 0 Å². The second-order valence-corrected chi connectivity index (χ2v) is 6.17. The van der Waals surface area contributed by atoms with Gasteiger partial charge in [0.2, 0.25) is 5.91 Å². The smallest absolute Gasteiger partial charge is 0.241 e. The Morgan fingerprint density at radius 3 is 2.61 bits per heavy atom. The van der Waals surface area contributed by atoms with Crippen molar-refractivity contribution in [2.75, 3.05) is 46.4 Å². The normalized spacial score (nSPS) is 18.3. The summed E-state index contributed by atoms with van der Waals surface area (Å²) < 4.78 is 5.59. The van der Waals surface area contributed by atoms with Crippen LogP contribution in [0.3, 0.4) is 0 Å². The maximum atomic E-state index is 12.1. The van der Waals surface area contributed by atoms with E-state index in [2.05, 4.69) is 15.6 Å². The molecule has 7 heteroatoms. The van der Waals surface area contributed by atoms with E-state index in [0.717, 1.165) is 58.0 Å². The van der Waals surface area contributed by atoms with Gasteiger partial charge in [0, 0.05) is 39.9 Å². The molecule has 0 aromatic carbocycles. The maximum absolute atomic E-state index is 12.1. The van der Waals surface area contributed by atoms with Crippen LogP contribution in [0.4, 0.5) is 0 Å². The van der Waals surface area contributed by atoms with E-state index < -0.39 is 0 Å². The van der Waals surface area contributed by atoms with Crippen LogP contribution in [-0.2, 0) is 9.53 Å². The van der Waals surface area contributed by atoms with Gasteiger partial charge in [-0.1, -0.05) is 0 Å². The minimum absolute atomic E-state index is 0. The molecule has 1 amide bonds. The molecule has 0 radical (unpaired) electrons. The number of nitrogens with one attached hydrogen (secondary N) is 2. The zero-order valence-electron chi connectivity index (χ0n) is 14.2. The summed E-state index contributed by atoms with van der Waals surface area (Å²) in [5.41, 5.74) is 0. The largest absolute Gasteiger partial charge is 0.381 e. The quantitative estimate of drug-likeness (QED) is 0.262. The summed E-state index contributed by atoms with van der Waals surface area (Å²) in [7, 11) is 1.73. The van der Waals surface area contributed by atoms with E-state index in [9.17, 15) is 4.79 Å². The highest BCUT2D eigenvalue weighted by Crippen LogP contribution is 2.28. The van der Waals surface area contributed by atoms with Gasteiger partial charge in [-0.05, 0) is 44.4 Å². The number of hydrogen-bond acceptors (Lipinski definition) is 3. The summed E-state index contributed by atoms with van der Waals surface area (Å²) in [5, 5.41) is 6.31. The second kappa shape index (κ2) is 11.9. The lowest BCUT2D eigenvalue weighted by molar-refractivity contribution is -0.130. The van der Waals surface area contributed by atoms with E-state index in [1.165, 1.54) is 19.3 Å². The molecule has 0 aromatic heterocycles. The van der Waals surface area contributed by atoms with E-state index in [1.807, 2.05) is 4.90 Å². The third-order valence-electron chi connectivity index (χ3n) is 4.15. The minimum Gasteiger partial charge on any atom is -0.381 e. The SMILES string of the molecule is CN=C(NCCCOCC1CC1)NCC(=O)N1CCCCC1.I. The van der Waals surface area contributed by atoms with Gasteiger partial charge < -0.3 is 20.3 Å². The first-order chi connectivity index (χ1) is 10.8. The second-order valence-electron chi connectivity index (χ2n) is 6.17. The lowest BCUT2D eigenvalue weighted by atomic mass is 10.1. The highest BCUT2D eigenvalue weighted by atomic mass is 127. The van der Waals surface area contributed by atoms with Crippen molar-refractivity contribution in [3.05, 3.63) is 0 Å². The Labute approximate surface area is 156 Å². The van der Waals surface area contributed by atoms with Crippen molar-refractivity contribution < 1.29 is 9.53 Å². The summed E-state index contributed by atoms with van der Waals surface area (Å²) in [5.74, 6) is 1.67. The van der Waals surface area contributed by atoms with Gasteiger partial charge >= 0.3 is 0 Å². The zero-order valence-corrected chi connectivity index (χ0v) is 16.5.